The number of aryl methyl sites for hydroxylation is 1. The molecule has 186 valence electrons. The number of nitrogens with zero attached hydrogens (tertiary/aromatic N) is 6. The van der Waals surface area contributed by atoms with E-state index in [1.165, 1.54) is 4.40 Å². The summed E-state index contributed by atoms with van der Waals surface area (Å²) in [5.74, 6) is -0.296. The van der Waals surface area contributed by atoms with Crippen molar-refractivity contribution in [3.8, 4) is 22.8 Å². The van der Waals surface area contributed by atoms with Gasteiger partial charge < -0.3 is 14.2 Å². The van der Waals surface area contributed by atoms with E-state index < -0.39 is 5.69 Å². The molecular weight excluding hydrogens is 464 g/mol. The monoisotopic (exact) mass is 490 g/mol. The largest absolute Gasteiger partial charge is 0.466 e. The van der Waals surface area contributed by atoms with Crippen LogP contribution in [0.1, 0.15) is 25.3 Å². The molecule has 0 bridgehead atoms. The molecule has 4 heterocycles. The van der Waals surface area contributed by atoms with Gasteiger partial charge in [-0.05, 0) is 38.8 Å². The molecule has 1 unspecified atom stereocenters. The van der Waals surface area contributed by atoms with Crippen LogP contribution in [0, 0.1) is 12.8 Å². The molecule has 0 aliphatic carbocycles. The van der Waals surface area contributed by atoms with Crippen molar-refractivity contribution in [3.05, 3.63) is 58.6 Å². The molecule has 4 aromatic rings. The lowest BCUT2D eigenvalue weighted by Gasteiger charge is -2.31. The maximum atomic E-state index is 13.0. The number of esters is 1. The van der Waals surface area contributed by atoms with Gasteiger partial charge in [-0.25, -0.2) is 13.9 Å². The molecule has 0 radical (unpaired) electrons. The van der Waals surface area contributed by atoms with Crippen LogP contribution in [0.25, 0.3) is 28.5 Å². The summed E-state index contributed by atoms with van der Waals surface area (Å²) in [6, 6.07) is 11.1. The molecule has 1 aliphatic heterocycles. The number of fused-ring (bicyclic) bond motifs is 1. The quantitative estimate of drug-likeness (QED) is 0.377. The number of hydrogen-bond donors (Lipinski definition) is 0. The molecule has 0 saturated carbocycles. The molecule has 5 rings (SSSR count). The minimum atomic E-state index is -0.461. The third kappa shape index (κ3) is 4.51. The standard InChI is InChI=1S/C25H26N6O5/c1-3-35-24(33)18-6-4-12-29(14-18)20(32)15-31-25(34)30-13-5-7-19(22(30)27-31)23-26-21(28-36-23)17-10-8-16(2)9-11-17/h5,7-11,13,18H,3-4,6,12,14-15H2,1-2H3. The van der Waals surface area contributed by atoms with E-state index in [9.17, 15) is 14.4 Å². The third-order valence-electron chi connectivity index (χ3n) is 6.25. The van der Waals surface area contributed by atoms with Crippen LogP contribution in [0.4, 0.5) is 0 Å². The molecule has 11 heteroatoms. The van der Waals surface area contributed by atoms with Crippen molar-refractivity contribution in [1.29, 1.82) is 0 Å². The fourth-order valence-electron chi connectivity index (χ4n) is 4.35. The van der Waals surface area contributed by atoms with Crippen LogP contribution in [-0.2, 0) is 20.9 Å². The van der Waals surface area contributed by atoms with E-state index in [0.717, 1.165) is 15.8 Å². The number of rotatable bonds is 6. The van der Waals surface area contributed by atoms with E-state index in [1.54, 1.807) is 30.2 Å². The van der Waals surface area contributed by atoms with Gasteiger partial charge in [-0.1, -0.05) is 35.0 Å². The Bertz CT molecular complexity index is 1470. The molecule has 3 aromatic heterocycles. The zero-order valence-electron chi connectivity index (χ0n) is 20.1. The van der Waals surface area contributed by atoms with Crippen molar-refractivity contribution in [2.45, 2.75) is 33.2 Å². The minimum absolute atomic E-state index is 0.216. The van der Waals surface area contributed by atoms with Crippen LogP contribution in [0.2, 0.25) is 0 Å². The Morgan fingerprint density at radius 3 is 2.78 bits per heavy atom. The Kier molecular flexibility index (Phi) is 6.36. The maximum Gasteiger partial charge on any atom is 0.350 e. The summed E-state index contributed by atoms with van der Waals surface area (Å²) < 4.78 is 13.0. The number of amides is 1. The third-order valence-corrected chi connectivity index (χ3v) is 6.25. The number of carbonyl (C=O) groups excluding carboxylic acids is 2. The highest BCUT2D eigenvalue weighted by Crippen LogP contribution is 2.25. The highest BCUT2D eigenvalue weighted by Gasteiger charge is 2.30. The van der Waals surface area contributed by atoms with Crippen LogP contribution in [0.5, 0.6) is 0 Å². The van der Waals surface area contributed by atoms with E-state index >= 15 is 0 Å². The van der Waals surface area contributed by atoms with Crippen molar-refractivity contribution < 1.29 is 18.8 Å². The summed E-state index contributed by atoms with van der Waals surface area (Å²) in [5.41, 5.74) is 2.24. The number of hydrogen-bond acceptors (Lipinski definition) is 8. The zero-order valence-corrected chi connectivity index (χ0v) is 20.1. The number of benzene rings is 1. The van der Waals surface area contributed by atoms with E-state index in [1.807, 2.05) is 31.2 Å². The normalized spacial score (nSPS) is 15.8. The number of aromatic nitrogens is 5. The fourth-order valence-corrected chi connectivity index (χ4v) is 4.35. The van der Waals surface area contributed by atoms with Gasteiger partial charge in [0.15, 0.2) is 5.65 Å². The zero-order chi connectivity index (χ0) is 25.2. The van der Waals surface area contributed by atoms with Gasteiger partial charge in [-0.15, -0.1) is 5.10 Å². The highest BCUT2D eigenvalue weighted by molar-refractivity contribution is 5.78. The van der Waals surface area contributed by atoms with Gasteiger partial charge >= 0.3 is 11.7 Å². The van der Waals surface area contributed by atoms with Crippen LogP contribution >= 0.6 is 0 Å². The second kappa shape index (κ2) is 9.76. The van der Waals surface area contributed by atoms with Crippen LogP contribution in [0.3, 0.4) is 0 Å². The lowest BCUT2D eigenvalue weighted by atomic mass is 9.98. The Morgan fingerprint density at radius 1 is 1.19 bits per heavy atom. The number of ether oxygens (including phenoxy) is 1. The summed E-state index contributed by atoms with van der Waals surface area (Å²) in [5, 5.41) is 8.47. The maximum absolute atomic E-state index is 13.0. The molecule has 1 saturated heterocycles. The summed E-state index contributed by atoms with van der Waals surface area (Å²) in [6.07, 6.45) is 2.94. The van der Waals surface area contributed by atoms with Gasteiger partial charge in [0.1, 0.15) is 6.54 Å². The van der Waals surface area contributed by atoms with E-state index in [-0.39, 0.29) is 36.8 Å². The fraction of sp³-hybridized carbons (Fsp3) is 0.360. The second-order valence-corrected chi connectivity index (χ2v) is 8.78. The van der Waals surface area contributed by atoms with E-state index in [4.69, 9.17) is 9.26 Å². The predicted molar refractivity (Wildman–Crippen MR) is 129 cm³/mol. The number of likely N-dealkylation sites (tertiary alicyclic amines) is 1. The summed E-state index contributed by atoms with van der Waals surface area (Å²) >= 11 is 0. The van der Waals surface area contributed by atoms with Gasteiger partial charge in [0.2, 0.25) is 11.7 Å². The lowest BCUT2D eigenvalue weighted by Crippen LogP contribution is -2.45. The van der Waals surface area contributed by atoms with Crippen molar-refractivity contribution in [2.24, 2.45) is 5.92 Å². The van der Waals surface area contributed by atoms with Crippen LogP contribution in [0.15, 0.2) is 51.9 Å². The summed E-state index contributed by atoms with van der Waals surface area (Å²) in [4.78, 5) is 44.2. The first kappa shape index (κ1) is 23.5. The summed E-state index contributed by atoms with van der Waals surface area (Å²) in [6.45, 7) is 4.60. The Balaban J connectivity index is 1.39. The Labute approximate surface area is 206 Å². The van der Waals surface area contributed by atoms with Crippen molar-refractivity contribution >= 4 is 17.5 Å². The number of carbonyl (C=O) groups is 2. The molecule has 36 heavy (non-hydrogen) atoms. The highest BCUT2D eigenvalue weighted by atomic mass is 16.5. The molecule has 1 atom stereocenters. The van der Waals surface area contributed by atoms with E-state index in [0.29, 0.717) is 43.0 Å². The molecule has 1 aromatic carbocycles. The molecule has 0 spiro atoms. The molecular formula is C25H26N6O5. The minimum Gasteiger partial charge on any atom is -0.466 e. The average molecular weight is 491 g/mol. The first-order valence-electron chi connectivity index (χ1n) is 11.9. The van der Waals surface area contributed by atoms with Crippen LogP contribution < -0.4 is 5.69 Å². The SMILES string of the molecule is CCOC(=O)C1CCCN(C(=O)Cn2nc3c(-c4nc(-c5ccc(C)cc5)no4)cccn3c2=O)C1. The summed E-state index contributed by atoms with van der Waals surface area (Å²) in [7, 11) is 0. The second-order valence-electron chi connectivity index (χ2n) is 8.78. The van der Waals surface area contributed by atoms with E-state index in [2.05, 4.69) is 15.2 Å². The molecule has 0 N–H and O–H groups in total. The van der Waals surface area contributed by atoms with Crippen molar-refractivity contribution in [1.82, 2.24) is 29.2 Å². The van der Waals surface area contributed by atoms with Gasteiger partial charge in [0, 0.05) is 24.8 Å². The number of pyridine rings is 1. The van der Waals surface area contributed by atoms with Gasteiger partial charge in [-0.3, -0.25) is 9.59 Å². The number of piperidine rings is 1. The van der Waals surface area contributed by atoms with Gasteiger partial charge in [0.05, 0.1) is 18.1 Å². The van der Waals surface area contributed by atoms with Crippen molar-refractivity contribution in [3.63, 3.8) is 0 Å². The lowest BCUT2D eigenvalue weighted by molar-refractivity contribution is -0.151. The smallest absolute Gasteiger partial charge is 0.350 e. The first-order chi connectivity index (χ1) is 17.4. The first-order valence-corrected chi connectivity index (χ1v) is 11.9. The van der Waals surface area contributed by atoms with Crippen LogP contribution in [-0.4, -0.2) is 60.8 Å². The van der Waals surface area contributed by atoms with Crippen molar-refractivity contribution in [2.75, 3.05) is 19.7 Å². The van der Waals surface area contributed by atoms with Gasteiger partial charge in [0.25, 0.3) is 5.89 Å². The predicted octanol–water partition coefficient (Wildman–Crippen LogP) is 2.32. The molecule has 1 amide bonds. The molecule has 1 aliphatic rings. The average Bonchev–Trinajstić information content (AvgIpc) is 3.50. The topological polar surface area (TPSA) is 125 Å². The molecule has 1 fully saturated rings. The molecule has 11 nitrogen and oxygen atoms in total. The Hall–Kier alpha value is -4.28. The Morgan fingerprint density at radius 2 is 2.00 bits per heavy atom. The van der Waals surface area contributed by atoms with Gasteiger partial charge in [-0.2, -0.15) is 4.98 Å².